The molecule has 1 aliphatic rings. The van der Waals surface area contributed by atoms with E-state index in [1.54, 1.807) is 0 Å². The summed E-state index contributed by atoms with van der Waals surface area (Å²) in [4.78, 5) is 2.37. The van der Waals surface area contributed by atoms with Gasteiger partial charge in [0.25, 0.3) is 0 Å². The first-order chi connectivity index (χ1) is 8.12. The fourth-order valence-corrected chi connectivity index (χ4v) is 3.54. The Balaban J connectivity index is 2.50. The van der Waals surface area contributed by atoms with Gasteiger partial charge in [0, 0.05) is 11.2 Å². The number of benzene rings is 1. The molecule has 1 fully saturated rings. The zero-order valence-electron chi connectivity index (χ0n) is 12.8. The minimum atomic E-state index is 0.147. The molecule has 1 saturated heterocycles. The maximum absolute atomic E-state index is 3.67. The van der Waals surface area contributed by atoms with E-state index in [2.05, 4.69) is 72.0 Å². The monoisotopic (exact) mass is 243 g/mol. The van der Waals surface area contributed by atoms with Crippen molar-refractivity contribution in [2.24, 2.45) is 5.41 Å². The first-order valence-corrected chi connectivity index (χ1v) is 6.78. The smallest absolute Gasteiger partial charge is 0.0980 e. The summed E-state index contributed by atoms with van der Waals surface area (Å²) in [5.41, 5.74) is 5.69. The predicted octanol–water partition coefficient (Wildman–Crippen LogP) is 4.67. The van der Waals surface area contributed by atoms with Crippen LogP contribution in [0.3, 0.4) is 0 Å². The summed E-state index contributed by atoms with van der Waals surface area (Å²) in [6, 6.07) is 4.54. The summed E-state index contributed by atoms with van der Waals surface area (Å²) < 4.78 is 0. The van der Waals surface area contributed by atoms with Crippen molar-refractivity contribution in [3.8, 4) is 0 Å². The molecular formula is C17H25N. The molecule has 1 aromatic rings. The van der Waals surface area contributed by atoms with Crippen LogP contribution < -0.4 is 4.90 Å². The SMILES string of the molecule is Cc1cc(C)c(N2[C]C(C)(C)CC2(C)C)c(C)c1. The van der Waals surface area contributed by atoms with Crippen molar-refractivity contribution in [1.29, 1.82) is 0 Å². The number of hydrogen-bond donors (Lipinski definition) is 0. The second kappa shape index (κ2) is 4.01. The van der Waals surface area contributed by atoms with E-state index >= 15 is 0 Å². The summed E-state index contributed by atoms with van der Waals surface area (Å²) in [6.07, 6.45) is 1.15. The molecule has 0 unspecified atom stereocenters. The van der Waals surface area contributed by atoms with Gasteiger partial charge in [-0.15, -0.1) is 0 Å². The fourth-order valence-electron chi connectivity index (χ4n) is 3.54. The van der Waals surface area contributed by atoms with Crippen LogP contribution in [-0.2, 0) is 0 Å². The highest BCUT2D eigenvalue weighted by atomic mass is 15.2. The van der Waals surface area contributed by atoms with E-state index in [-0.39, 0.29) is 11.0 Å². The van der Waals surface area contributed by atoms with Crippen molar-refractivity contribution in [1.82, 2.24) is 0 Å². The van der Waals surface area contributed by atoms with E-state index in [1.165, 1.54) is 22.4 Å². The quantitative estimate of drug-likeness (QED) is 0.693. The first kappa shape index (κ1) is 13.5. The number of hydrogen-bond acceptors (Lipinski definition) is 1. The van der Waals surface area contributed by atoms with Crippen LogP contribution in [0, 0.1) is 32.7 Å². The molecule has 18 heavy (non-hydrogen) atoms. The van der Waals surface area contributed by atoms with Gasteiger partial charge in [0.1, 0.15) is 0 Å². The molecule has 2 rings (SSSR count). The molecule has 1 aromatic carbocycles. The lowest BCUT2D eigenvalue weighted by atomic mass is 9.86. The molecule has 0 aromatic heterocycles. The van der Waals surface area contributed by atoms with E-state index in [0.717, 1.165) is 6.42 Å². The highest BCUT2D eigenvalue weighted by Gasteiger charge is 2.44. The molecule has 0 bridgehead atoms. The molecule has 1 nitrogen and oxygen atoms in total. The molecule has 0 saturated carbocycles. The second-order valence-corrected chi connectivity index (χ2v) is 7.07. The largest absolute Gasteiger partial charge is 0.355 e. The Morgan fingerprint density at radius 3 is 1.89 bits per heavy atom. The Labute approximate surface area is 112 Å². The fraction of sp³-hybridized carbons (Fsp3) is 0.588. The van der Waals surface area contributed by atoms with Gasteiger partial charge in [-0.1, -0.05) is 31.5 Å². The normalized spacial score (nSPS) is 21.4. The number of rotatable bonds is 1. The standard InChI is InChI=1S/C17H25N/c1-12-8-13(2)15(14(3)9-12)18-11-16(4,5)10-17(18,6)7/h8-9H,10H2,1-7H3. The van der Waals surface area contributed by atoms with Crippen LogP contribution in [0.1, 0.15) is 50.8 Å². The average Bonchev–Trinajstić information content (AvgIpc) is 2.32. The lowest BCUT2D eigenvalue weighted by Gasteiger charge is -2.35. The van der Waals surface area contributed by atoms with Crippen molar-refractivity contribution in [2.75, 3.05) is 4.90 Å². The highest BCUT2D eigenvalue weighted by molar-refractivity contribution is 5.64. The predicted molar refractivity (Wildman–Crippen MR) is 78.9 cm³/mol. The van der Waals surface area contributed by atoms with Gasteiger partial charge in [-0.2, -0.15) is 0 Å². The van der Waals surface area contributed by atoms with Crippen molar-refractivity contribution in [3.63, 3.8) is 0 Å². The molecule has 0 amide bonds. The van der Waals surface area contributed by atoms with Gasteiger partial charge in [0.2, 0.25) is 0 Å². The van der Waals surface area contributed by atoms with Crippen molar-refractivity contribution in [2.45, 2.75) is 60.4 Å². The van der Waals surface area contributed by atoms with Gasteiger partial charge in [-0.25, -0.2) is 0 Å². The molecule has 1 heteroatoms. The molecule has 1 aliphatic heterocycles. The molecule has 98 valence electrons. The summed E-state index contributed by atoms with van der Waals surface area (Å²) in [5, 5.41) is 0. The van der Waals surface area contributed by atoms with Crippen LogP contribution >= 0.6 is 0 Å². The van der Waals surface area contributed by atoms with Gasteiger partial charge in [-0.05, 0) is 57.6 Å². The summed E-state index contributed by atoms with van der Waals surface area (Å²) >= 11 is 0. The molecule has 2 radical (unpaired) electrons. The van der Waals surface area contributed by atoms with Gasteiger partial charge < -0.3 is 4.90 Å². The minimum absolute atomic E-state index is 0.147. The summed E-state index contributed by atoms with van der Waals surface area (Å²) in [6.45, 7) is 19.4. The Hall–Kier alpha value is -0.980. The van der Waals surface area contributed by atoms with Crippen LogP contribution in [-0.4, -0.2) is 5.54 Å². The first-order valence-electron chi connectivity index (χ1n) is 6.78. The van der Waals surface area contributed by atoms with Gasteiger partial charge in [-0.3, -0.25) is 0 Å². The van der Waals surface area contributed by atoms with E-state index in [1.807, 2.05) is 0 Å². The molecule has 0 spiro atoms. The van der Waals surface area contributed by atoms with Crippen LogP contribution in [0.4, 0.5) is 5.69 Å². The lowest BCUT2D eigenvalue weighted by molar-refractivity contribution is 0.388. The number of anilines is 1. The molecule has 0 aliphatic carbocycles. The Morgan fingerprint density at radius 1 is 1.00 bits per heavy atom. The van der Waals surface area contributed by atoms with E-state index < -0.39 is 0 Å². The molecule has 1 heterocycles. The Morgan fingerprint density at radius 2 is 1.50 bits per heavy atom. The van der Waals surface area contributed by atoms with Crippen LogP contribution in [0.2, 0.25) is 0 Å². The topological polar surface area (TPSA) is 3.24 Å². The van der Waals surface area contributed by atoms with Crippen molar-refractivity contribution >= 4 is 5.69 Å². The third-order valence-electron chi connectivity index (χ3n) is 3.75. The zero-order valence-corrected chi connectivity index (χ0v) is 12.8. The van der Waals surface area contributed by atoms with Crippen LogP contribution in [0.25, 0.3) is 0 Å². The second-order valence-electron chi connectivity index (χ2n) is 7.07. The third-order valence-corrected chi connectivity index (χ3v) is 3.75. The van der Waals surface area contributed by atoms with E-state index in [4.69, 9.17) is 0 Å². The minimum Gasteiger partial charge on any atom is -0.355 e. The van der Waals surface area contributed by atoms with Crippen molar-refractivity contribution < 1.29 is 0 Å². The molecule has 0 atom stereocenters. The van der Waals surface area contributed by atoms with Gasteiger partial charge in [0.15, 0.2) is 0 Å². The Kier molecular flexibility index (Phi) is 3.00. The zero-order chi connectivity index (χ0) is 13.7. The van der Waals surface area contributed by atoms with E-state index in [9.17, 15) is 0 Å². The van der Waals surface area contributed by atoms with Gasteiger partial charge >= 0.3 is 0 Å². The van der Waals surface area contributed by atoms with Crippen molar-refractivity contribution in [3.05, 3.63) is 35.4 Å². The molecular weight excluding hydrogens is 218 g/mol. The average molecular weight is 243 g/mol. The highest BCUT2D eigenvalue weighted by Crippen LogP contribution is 2.48. The molecule has 0 N–H and O–H groups in total. The number of aryl methyl sites for hydroxylation is 3. The van der Waals surface area contributed by atoms with Crippen LogP contribution in [0.15, 0.2) is 12.1 Å². The van der Waals surface area contributed by atoms with Crippen LogP contribution in [0.5, 0.6) is 0 Å². The maximum atomic E-state index is 3.67. The van der Waals surface area contributed by atoms with E-state index in [0.29, 0.717) is 0 Å². The summed E-state index contributed by atoms with van der Waals surface area (Å²) in [7, 11) is 0. The number of nitrogens with zero attached hydrogens (tertiary/aromatic N) is 1. The van der Waals surface area contributed by atoms with Gasteiger partial charge in [0.05, 0.1) is 6.54 Å². The lowest BCUT2D eigenvalue weighted by Crippen LogP contribution is -2.37. The third kappa shape index (κ3) is 2.28. The Bertz CT molecular complexity index is 445. The maximum Gasteiger partial charge on any atom is 0.0980 e. The summed E-state index contributed by atoms with van der Waals surface area (Å²) in [5.74, 6) is 0.